The number of benzene rings is 2. The van der Waals surface area contributed by atoms with Gasteiger partial charge in [-0.2, -0.15) is 0 Å². The van der Waals surface area contributed by atoms with Crippen molar-refractivity contribution in [1.29, 1.82) is 0 Å². The van der Waals surface area contributed by atoms with Gasteiger partial charge in [0.15, 0.2) is 23.1 Å². The molecule has 0 aliphatic carbocycles. The largest absolute Gasteiger partial charge is 0.504 e. The van der Waals surface area contributed by atoms with Crippen LogP contribution in [0.2, 0.25) is 0 Å². The number of ether oxygens (including phenoxy) is 2. The van der Waals surface area contributed by atoms with Crippen LogP contribution in [0.25, 0.3) is 11.1 Å². The van der Waals surface area contributed by atoms with E-state index in [9.17, 15) is 14.7 Å². The molecule has 29 heavy (non-hydrogen) atoms. The summed E-state index contributed by atoms with van der Waals surface area (Å²) in [6, 6.07) is 8.90. The van der Waals surface area contributed by atoms with E-state index in [0.717, 1.165) is 24.0 Å². The zero-order valence-electron chi connectivity index (χ0n) is 17.7. The standard InChI is InChI=1S/C24H30O5/c1-5-8-9-19(26)15-29-23-21(12-13-22(27)24(23)28-7-3)18-10-11-20(16(4)25)17(6-2)14-18/h10-14,27H,5-9,15H2,1-4H3. The number of phenols is 1. The van der Waals surface area contributed by atoms with E-state index in [1.807, 2.05) is 32.9 Å². The Morgan fingerprint density at radius 1 is 1.00 bits per heavy atom. The van der Waals surface area contributed by atoms with Crippen LogP contribution in [0.15, 0.2) is 30.3 Å². The smallest absolute Gasteiger partial charge is 0.203 e. The third kappa shape index (κ3) is 5.59. The molecule has 0 amide bonds. The second-order valence-electron chi connectivity index (χ2n) is 6.94. The maximum atomic E-state index is 12.1. The van der Waals surface area contributed by atoms with Crippen LogP contribution in [-0.2, 0) is 11.2 Å². The van der Waals surface area contributed by atoms with Crippen molar-refractivity contribution in [3.05, 3.63) is 41.5 Å². The Hall–Kier alpha value is -2.82. The predicted octanol–water partition coefficient (Wildman–Crippen LogP) is 5.36. The minimum Gasteiger partial charge on any atom is -0.504 e. The van der Waals surface area contributed by atoms with Gasteiger partial charge in [-0.05, 0) is 49.9 Å². The van der Waals surface area contributed by atoms with Gasteiger partial charge in [0.1, 0.15) is 6.61 Å². The van der Waals surface area contributed by atoms with Gasteiger partial charge in [-0.15, -0.1) is 0 Å². The summed E-state index contributed by atoms with van der Waals surface area (Å²) in [4.78, 5) is 24.0. The molecule has 5 heteroatoms. The molecule has 0 aromatic heterocycles. The molecule has 156 valence electrons. The van der Waals surface area contributed by atoms with Gasteiger partial charge in [0.05, 0.1) is 6.61 Å². The molecule has 0 atom stereocenters. The van der Waals surface area contributed by atoms with E-state index >= 15 is 0 Å². The lowest BCUT2D eigenvalue weighted by molar-refractivity contribution is -0.121. The molecule has 0 unspecified atom stereocenters. The second kappa shape index (κ2) is 10.6. The number of aryl methyl sites for hydroxylation is 1. The minimum absolute atomic E-state index is 0.00441. The van der Waals surface area contributed by atoms with Crippen molar-refractivity contribution in [1.82, 2.24) is 0 Å². The molecule has 1 N–H and O–H groups in total. The summed E-state index contributed by atoms with van der Waals surface area (Å²) in [5.41, 5.74) is 3.17. The van der Waals surface area contributed by atoms with Gasteiger partial charge in [-0.1, -0.05) is 38.5 Å². The Labute approximate surface area is 172 Å². The molecule has 2 aromatic carbocycles. The molecule has 0 fully saturated rings. The van der Waals surface area contributed by atoms with Gasteiger partial charge < -0.3 is 14.6 Å². The number of carbonyl (C=O) groups is 2. The fraction of sp³-hybridized carbons (Fsp3) is 0.417. The summed E-state index contributed by atoms with van der Waals surface area (Å²) < 4.78 is 11.5. The van der Waals surface area contributed by atoms with Gasteiger partial charge in [0.2, 0.25) is 5.75 Å². The fourth-order valence-corrected chi connectivity index (χ4v) is 3.20. The summed E-state index contributed by atoms with van der Waals surface area (Å²) in [6.45, 7) is 7.67. The molecule has 0 aliphatic rings. The van der Waals surface area contributed by atoms with Crippen molar-refractivity contribution in [2.24, 2.45) is 0 Å². The van der Waals surface area contributed by atoms with Gasteiger partial charge in [0, 0.05) is 17.5 Å². The lowest BCUT2D eigenvalue weighted by atomic mass is 9.95. The molecule has 0 saturated carbocycles. The SMILES string of the molecule is CCCCC(=O)COc1c(-c2ccc(C(C)=O)c(CC)c2)ccc(O)c1OCC. The first-order valence-electron chi connectivity index (χ1n) is 10.2. The highest BCUT2D eigenvalue weighted by Crippen LogP contribution is 2.44. The van der Waals surface area contributed by atoms with Gasteiger partial charge in [-0.3, -0.25) is 9.59 Å². The van der Waals surface area contributed by atoms with Crippen LogP contribution in [0, 0.1) is 0 Å². The van der Waals surface area contributed by atoms with Crippen LogP contribution in [0.5, 0.6) is 17.2 Å². The summed E-state index contributed by atoms with van der Waals surface area (Å²) in [5.74, 6) is 0.552. The second-order valence-corrected chi connectivity index (χ2v) is 6.94. The Morgan fingerprint density at radius 2 is 1.76 bits per heavy atom. The quantitative estimate of drug-likeness (QED) is 0.516. The van der Waals surface area contributed by atoms with E-state index in [1.54, 1.807) is 25.1 Å². The average Bonchev–Trinajstić information content (AvgIpc) is 2.72. The van der Waals surface area contributed by atoms with Crippen molar-refractivity contribution in [3.8, 4) is 28.4 Å². The molecule has 0 radical (unpaired) electrons. The summed E-state index contributed by atoms with van der Waals surface area (Å²) in [5, 5.41) is 10.3. The highest BCUT2D eigenvalue weighted by molar-refractivity contribution is 5.96. The maximum Gasteiger partial charge on any atom is 0.203 e. The van der Waals surface area contributed by atoms with Gasteiger partial charge in [0.25, 0.3) is 0 Å². The molecular weight excluding hydrogens is 368 g/mol. The number of ketones is 2. The Kier molecular flexibility index (Phi) is 8.25. The first-order chi connectivity index (χ1) is 13.9. The molecule has 0 aliphatic heterocycles. The minimum atomic E-state index is -0.0807. The number of Topliss-reactive ketones (excluding diaryl/α,β-unsaturated/α-hetero) is 2. The normalized spacial score (nSPS) is 10.6. The van der Waals surface area contributed by atoms with E-state index < -0.39 is 0 Å². The molecule has 0 bridgehead atoms. The first-order valence-corrected chi connectivity index (χ1v) is 10.2. The van der Waals surface area contributed by atoms with Crippen molar-refractivity contribution in [2.75, 3.05) is 13.2 Å². The van der Waals surface area contributed by atoms with Gasteiger partial charge in [-0.25, -0.2) is 0 Å². The molecule has 0 saturated heterocycles. The lowest BCUT2D eigenvalue weighted by Gasteiger charge is -2.18. The van der Waals surface area contributed by atoms with Crippen molar-refractivity contribution in [2.45, 2.75) is 53.4 Å². The fourth-order valence-electron chi connectivity index (χ4n) is 3.20. The number of rotatable bonds is 11. The van der Waals surface area contributed by atoms with Crippen LogP contribution in [0.4, 0.5) is 0 Å². The number of hydrogen-bond donors (Lipinski definition) is 1. The van der Waals surface area contributed by atoms with E-state index in [2.05, 4.69) is 0 Å². The Morgan fingerprint density at radius 3 is 2.38 bits per heavy atom. The van der Waals surface area contributed by atoms with E-state index in [1.165, 1.54) is 0 Å². The number of phenolic OH excluding ortho intramolecular Hbond substituents is 1. The molecule has 0 heterocycles. The summed E-state index contributed by atoms with van der Waals surface area (Å²) in [7, 11) is 0. The highest BCUT2D eigenvalue weighted by Gasteiger charge is 2.19. The van der Waals surface area contributed by atoms with Gasteiger partial charge >= 0.3 is 0 Å². The highest BCUT2D eigenvalue weighted by atomic mass is 16.5. The third-order valence-corrected chi connectivity index (χ3v) is 4.74. The van der Waals surface area contributed by atoms with Crippen LogP contribution < -0.4 is 9.47 Å². The molecule has 2 rings (SSSR count). The van der Waals surface area contributed by atoms with Crippen LogP contribution in [-0.4, -0.2) is 29.9 Å². The number of unbranched alkanes of at least 4 members (excludes halogenated alkanes) is 1. The predicted molar refractivity (Wildman–Crippen MR) is 114 cm³/mol. The monoisotopic (exact) mass is 398 g/mol. The molecular formula is C24H30O5. The average molecular weight is 398 g/mol. The van der Waals surface area contributed by atoms with Crippen molar-refractivity contribution >= 4 is 11.6 Å². The summed E-state index contributed by atoms with van der Waals surface area (Å²) in [6.07, 6.45) is 2.93. The molecule has 0 spiro atoms. The third-order valence-electron chi connectivity index (χ3n) is 4.74. The number of hydrogen-bond acceptors (Lipinski definition) is 5. The maximum absolute atomic E-state index is 12.1. The van der Waals surface area contributed by atoms with Crippen molar-refractivity contribution < 1.29 is 24.2 Å². The number of aromatic hydroxyl groups is 1. The first kappa shape index (κ1) is 22.5. The zero-order chi connectivity index (χ0) is 21.4. The van der Waals surface area contributed by atoms with E-state index in [4.69, 9.17) is 9.47 Å². The van der Waals surface area contributed by atoms with Crippen LogP contribution in [0.3, 0.4) is 0 Å². The topological polar surface area (TPSA) is 72.8 Å². The van der Waals surface area contributed by atoms with E-state index in [0.29, 0.717) is 36.3 Å². The van der Waals surface area contributed by atoms with E-state index in [-0.39, 0.29) is 29.7 Å². The molecule has 5 nitrogen and oxygen atoms in total. The van der Waals surface area contributed by atoms with Crippen LogP contribution in [0.1, 0.15) is 62.9 Å². The molecule has 2 aromatic rings. The Bertz CT molecular complexity index is 870. The lowest BCUT2D eigenvalue weighted by Crippen LogP contribution is -2.12. The van der Waals surface area contributed by atoms with Crippen LogP contribution >= 0.6 is 0 Å². The Balaban J connectivity index is 2.49. The zero-order valence-corrected chi connectivity index (χ0v) is 17.7. The number of carbonyl (C=O) groups excluding carboxylic acids is 2. The summed E-state index contributed by atoms with van der Waals surface area (Å²) >= 11 is 0. The van der Waals surface area contributed by atoms with Crippen molar-refractivity contribution in [3.63, 3.8) is 0 Å².